The molecule has 0 saturated heterocycles. The van der Waals surface area contributed by atoms with Gasteiger partial charge < -0.3 is 10.2 Å². The van der Waals surface area contributed by atoms with Crippen LogP contribution in [-0.2, 0) is 0 Å². The van der Waals surface area contributed by atoms with E-state index in [9.17, 15) is 4.79 Å². The Bertz CT molecular complexity index is 74.4. The molecule has 3 nitrogen and oxygen atoms in total. The number of hydrogen-bond acceptors (Lipinski definition) is 1. The Morgan fingerprint density at radius 3 is 1.88 bits per heavy atom. The zero-order chi connectivity index (χ0) is 5.86. The van der Waals surface area contributed by atoms with E-state index in [-0.39, 0.29) is 30.0 Å². The van der Waals surface area contributed by atoms with E-state index in [0.29, 0.717) is 0 Å². The molecule has 0 aromatic rings. The van der Waals surface area contributed by atoms with Crippen molar-refractivity contribution in [2.45, 2.75) is 0 Å². The van der Waals surface area contributed by atoms with Crippen molar-refractivity contribution in [3.63, 3.8) is 0 Å². The highest BCUT2D eigenvalue weighted by molar-refractivity contribution is 14.0. The van der Waals surface area contributed by atoms with E-state index in [1.165, 1.54) is 4.90 Å². The molecule has 1 N–H and O–H groups in total. The summed E-state index contributed by atoms with van der Waals surface area (Å²) in [6, 6.07) is -0.0694. The van der Waals surface area contributed by atoms with Crippen molar-refractivity contribution in [1.82, 2.24) is 10.2 Å². The summed E-state index contributed by atoms with van der Waals surface area (Å²) in [5, 5.41) is 2.45. The number of hydrogen-bond donors (Lipinski definition) is 1. The lowest BCUT2D eigenvalue weighted by Crippen LogP contribution is -2.31. The minimum Gasteiger partial charge on any atom is -0.341 e. The van der Waals surface area contributed by atoms with Crippen molar-refractivity contribution in [1.29, 1.82) is 0 Å². The molecule has 0 spiro atoms. The Balaban J connectivity index is 0. The van der Waals surface area contributed by atoms with Crippen LogP contribution in [0, 0.1) is 0 Å². The average molecular weight is 230 g/mol. The number of halogens is 1. The maximum Gasteiger partial charge on any atom is 0.316 e. The molecule has 0 bridgehead atoms. The predicted molar refractivity (Wildman–Crippen MR) is 43.6 cm³/mol. The fourth-order valence-electron chi connectivity index (χ4n) is 0.224. The Labute approximate surface area is 66.4 Å². The molecule has 0 fully saturated rings. The number of nitrogens with zero attached hydrogens (tertiary/aromatic N) is 1. The lowest BCUT2D eigenvalue weighted by atomic mass is 10.8. The molecule has 0 saturated carbocycles. The van der Waals surface area contributed by atoms with E-state index in [0.717, 1.165) is 0 Å². The van der Waals surface area contributed by atoms with E-state index in [1.807, 2.05) is 0 Å². The van der Waals surface area contributed by atoms with Gasteiger partial charge in [-0.15, -0.1) is 24.0 Å². The van der Waals surface area contributed by atoms with Gasteiger partial charge in [-0.2, -0.15) is 0 Å². The number of nitrogens with one attached hydrogen (secondary N) is 1. The molecule has 0 aliphatic heterocycles. The van der Waals surface area contributed by atoms with Crippen molar-refractivity contribution in [3.05, 3.63) is 0 Å². The molecule has 0 radical (unpaired) electrons. The number of carbonyl (C=O) groups excluding carboxylic acids is 1. The van der Waals surface area contributed by atoms with E-state index >= 15 is 0 Å². The molecule has 0 aliphatic rings. The molecule has 0 rings (SSSR count). The van der Waals surface area contributed by atoms with Gasteiger partial charge in [0, 0.05) is 21.1 Å². The minimum atomic E-state index is -0.0694. The third-order valence-electron chi connectivity index (χ3n) is 0.620. The second-order valence-corrected chi connectivity index (χ2v) is 1.45. The molecule has 0 aromatic carbocycles. The van der Waals surface area contributed by atoms with Crippen molar-refractivity contribution >= 4 is 30.0 Å². The van der Waals surface area contributed by atoms with Crippen LogP contribution in [0.25, 0.3) is 0 Å². The molecule has 2 amide bonds. The summed E-state index contributed by atoms with van der Waals surface area (Å²) in [7, 11) is 4.99. The topological polar surface area (TPSA) is 32.3 Å². The van der Waals surface area contributed by atoms with Gasteiger partial charge in [0.15, 0.2) is 0 Å². The van der Waals surface area contributed by atoms with Gasteiger partial charge in [-0.05, 0) is 0 Å². The predicted octanol–water partition coefficient (Wildman–Crippen LogP) is 0.505. The van der Waals surface area contributed by atoms with Crippen LogP contribution in [0.5, 0.6) is 0 Å². The standard InChI is InChI=1S/C4H10N2O.HI/c1-5-4(7)6(2)3;/h1-3H3,(H,5,7);1H. The Morgan fingerprint density at radius 1 is 1.50 bits per heavy atom. The quantitative estimate of drug-likeness (QED) is 0.604. The van der Waals surface area contributed by atoms with Crippen LogP contribution in [0.2, 0.25) is 0 Å². The van der Waals surface area contributed by atoms with Crippen LogP contribution in [0.15, 0.2) is 0 Å². The third kappa shape index (κ3) is 4.17. The summed E-state index contributed by atoms with van der Waals surface area (Å²) in [5.41, 5.74) is 0. The Hall–Kier alpha value is 0. The zero-order valence-electron chi connectivity index (χ0n) is 5.26. The molecule has 0 aromatic heterocycles. The lowest BCUT2D eigenvalue weighted by molar-refractivity contribution is 0.219. The number of amides is 2. The van der Waals surface area contributed by atoms with E-state index < -0.39 is 0 Å². The monoisotopic (exact) mass is 230 g/mol. The first kappa shape index (κ1) is 10.9. The van der Waals surface area contributed by atoms with Gasteiger partial charge in [0.2, 0.25) is 0 Å². The molecule has 0 atom stereocenters. The van der Waals surface area contributed by atoms with Gasteiger partial charge in [-0.25, -0.2) is 4.79 Å². The van der Waals surface area contributed by atoms with Crippen molar-refractivity contribution in [2.24, 2.45) is 0 Å². The number of rotatable bonds is 0. The summed E-state index contributed by atoms with van der Waals surface area (Å²) >= 11 is 0. The van der Waals surface area contributed by atoms with Crippen LogP contribution in [0.3, 0.4) is 0 Å². The molecule has 4 heteroatoms. The fourth-order valence-corrected chi connectivity index (χ4v) is 0.224. The highest BCUT2D eigenvalue weighted by Crippen LogP contribution is 1.70. The van der Waals surface area contributed by atoms with Crippen LogP contribution in [0.1, 0.15) is 0 Å². The normalized spacial score (nSPS) is 6.88. The maximum absolute atomic E-state index is 10.3. The SMILES string of the molecule is CNC(=O)N(C)C.I. The Kier molecular flexibility index (Phi) is 7.00. The summed E-state index contributed by atoms with van der Waals surface area (Å²) < 4.78 is 0. The molecular formula is C4H11IN2O. The molecule has 8 heavy (non-hydrogen) atoms. The third-order valence-corrected chi connectivity index (χ3v) is 0.620. The highest BCUT2D eigenvalue weighted by Gasteiger charge is 1.94. The number of carbonyl (C=O) groups is 1. The van der Waals surface area contributed by atoms with Crippen molar-refractivity contribution in [3.8, 4) is 0 Å². The molecule has 50 valence electrons. The van der Waals surface area contributed by atoms with Gasteiger partial charge in [0.05, 0.1) is 0 Å². The zero-order valence-corrected chi connectivity index (χ0v) is 7.59. The smallest absolute Gasteiger partial charge is 0.316 e. The van der Waals surface area contributed by atoms with Crippen molar-refractivity contribution < 1.29 is 4.79 Å². The second-order valence-electron chi connectivity index (χ2n) is 1.45. The molecular weight excluding hydrogens is 219 g/mol. The van der Waals surface area contributed by atoms with Crippen LogP contribution in [-0.4, -0.2) is 32.1 Å². The fraction of sp³-hybridized carbons (Fsp3) is 0.750. The first-order valence-electron chi connectivity index (χ1n) is 2.07. The van der Waals surface area contributed by atoms with Gasteiger partial charge in [-0.3, -0.25) is 0 Å². The first-order chi connectivity index (χ1) is 3.18. The van der Waals surface area contributed by atoms with E-state index in [1.54, 1.807) is 21.1 Å². The van der Waals surface area contributed by atoms with E-state index in [4.69, 9.17) is 0 Å². The second kappa shape index (κ2) is 5.14. The van der Waals surface area contributed by atoms with E-state index in [2.05, 4.69) is 5.32 Å². The minimum absolute atomic E-state index is 0. The Morgan fingerprint density at radius 2 is 1.88 bits per heavy atom. The van der Waals surface area contributed by atoms with Crippen LogP contribution >= 0.6 is 24.0 Å². The first-order valence-corrected chi connectivity index (χ1v) is 2.07. The summed E-state index contributed by atoms with van der Waals surface area (Å²) in [5.74, 6) is 0. The maximum atomic E-state index is 10.3. The van der Waals surface area contributed by atoms with Crippen LogP contribution < -0.4 is 5.32 Å². The van der Waals surface area contributed by atoms with Gasteiger partial charge in [-0.1, -0.05) is 0 Å². The largest absolute Gasteiger partial charge is 0.341 e. The molecule has 0 unspecified atom stereocenters. The van der Waals surface area contributed by atoms with Crippen molar-refractivity contribution in [2.75, 3.05) is 21.1 Å². The highest BCUT2D eigenvalue weighted by atomic mass is 127. The summed E-state index contributed by atoms with van der Waals surface area (Å²) in [6.45, 7) is 0. The molecule has 0 heterocycles. The number of urea groups is 1. The molecule has 0 aliphatic carbocycles. The average Bonchev–Trinajstić information content (AvgIpc) is 1.65. The summed E-state index contributed by atoms with van der Waals surface area (Å²) in [4.78, 5) is 11.8. The van der Waals surface area contributed by atoms with Gasteiger partial charge in [0.1, 0.15) is 0 Å². The van der Waals surface area contributed by atoms with Crippen LogP contribution in [0.4, 0.5) is 4.79 Å². The lowest BCUT2D eigenvalue weighted by Gasteiger charge is -2.06. The van der Waals surface area contributed by atoms with Gasteiger partial charge in [0.25, 0.3) is 0 Å². The summed E-state index contributed by atoms with van der Waals surface area (Å²) in [6.07, 6.45) is 0. The van der Waals surface area contributed by atoms with Gasteiger partial charge >= 0.3 is 6.03 Å².